The molecular formula is C26H36N2O4. The summed E-state index contributed by atoms with van der Waals surface area (Å²) in [6, 6.07) is 6.60. The number of ketones is 1. The standard InChI is InChI=1S/C26H36N2O4/c1-17(2)14-20(24(29)18-10-6-7-11-18)28-25(30)19-12-8-9-13-21(19)31-16-23-27-15-22(32-23)26(3,4)5/h8-9,12-13,15,17-18,20H,6-7,10-11,14,16H2,1-5H3,(H,28,30)/t20-/m0/s1. The van der Waals surface area contributed by atoms with Gasteiger partial charge in [0, 0.05) is 11.3 Å². The molecule has 6 nitrogen and oxygen atoms in total. The third-order valence-electron chi connectivity index (χ3n) is 5.89. The van der Waals surface area contributed by atoms with E-state index in [1.807, 2.05) is 6.07 Å². The summed E-state index contributed by atoms with van der Waals surface area (Å²) in [5, 5.41) is 3.00. The summed E-state index contributed by atoms with van der Waals surface area (Å²) in [4.78, 5) is 30.5. The number of hydrogen-bond donors (Lipinski definition) is 1. The molecular weight excluding hydrogens is 404 g/mol. The first kappa shape index (κ1) is 24.0. The van der Waals surface area contributed by atoms with Gasteiger partial charge in [0.2, 0.25) is 5.89 Å². The van der Waals surface area contributed by atoms with E-state index in [0.717, 1.165) is 31.4 Å². The molecule has 1 amide bonds. The van der Waals surface area contributed by atoms with Crippen LogP contribution < -0.4 is 10.1 Å². The fraction of sp³-hybridized carbons (Fsp3) is 0.577. The van der Waals surface area contributed by atoms with E-state index in [2.05, 4.69) is 44.9 Å². The van der Waals surface area contributed by atoms with Gasteiger partial charge in [0.15, 0.2) is 12.4 Å². The van der Waals surface area contributed by atoms with E-state index in [4.69, 9.17) is 9.15 Å². The first-order chi connectivity index (χ1) is 15.1. The van der Waals surface area contributed by atoms with Gasteiger partial charge >= 0.3 is 0 Å². The third-order valence-corrected chi connectivity index (χ3v) is 5.89. The second-order valence-corrected chi connectivity index (χ2v) is 10.2. The quantitative estimate of drug-likeness (QED) is 0.560. The van der Waals surface area contributed by atoms with E-state index in [9.17, 15) is 9.59 Å². The van der Waals surface area contributed by atoms with Crippen LogP contribution >= 0.6 is 0 Å². The minimum atomic E-state index is -0.472. The summed E-state index contributed by atoms with van der Waals surface area (Å²) in [5.41, 5.74) is 0.267. The molecule has 1 aliphatic carbocycles. The van der Waals surface area contributed by atoms with Crippen LogP contribution in [0.2, 0.25) is 0 Å². The highest BCUT2D eigenvalue weighted by molar-refractivity contribution is 6.00. The number of Topliss-reactive ketones (excluding diaryl/α,β-unsaturated/α-hetero) is 1. The number of hydrogen-bond acceptors (Lipinski definition) is 5. The van der Waals surface area contributed by atoms with Crippen molar-refractivity contribution in [3.63, 3.8) is 0 Å². The largest absolute Gasteiger partial charge is 0.483 e. The van der Waals surface area contributed by atoms with Crippen LogP contribution in [0.15, 0.2) is 34.9 Å². The number of ether oxygens (including phenoxy) is 1. The Morgan fingerprint density at radius 3 is 2.50 bits per heavy atom. The Bertz CT molecular complexity index is 920. The van der Waals surface area contributed by atoms with Crippen molar-refractivity contribution in [3.05, 3.63) is 47.7 Å². The Kier molecular flexibility index (Phi) is 7.75. The lowest BCUT2D eigenvalue weighted by atomic mass is 9.91. The van der Waals surface area contributed by atoms with E-state index < -0.39 is 6.04 Å². The van der Waals surface area contributed by atoms with Gasteiger partial charge < -0.3 is 14.5 Å². The lowest BCUT2D eigenvalue weighted by Gasteiger charge is -2.23. The van der Waals surface area contributed by atoms with Gasteiger partial charge in [-0.2, -0.15) is 0 Å². The third kappa shape index (κ3) is 6.21. The monoisotopic (exact) mass is 440 g/mol. The number of benzene rings is 1. The first-order valence-electron chi connectivity index (χ1n) is 11.7. The van der Waals surface area contributed by atoms with Crippen molar-refractivity contribution in [1.29, 1.82) is 0 Å². The minimum Gasteiger partial charge on any atom is -0.483 e. The van der Waals surface area contributed by atoms with Crippen LogP contribution in [0, 0.1) is 11.8 Å². The molecule has 0 radical (unpaired) electrons. The Hall–Kier alpha value is -2.63. The lowest BCUT2D eigenvalue weighted by molar-refractivity contribution is -0.125. The number of para-hydroxylation sites is 1. The normalized spacial score (nSPS) is 15.7. The van der Waals surface area contributed by atoms with E-state index in [0.29, 0.717) is 29.5 Å². The second kappa shape index (κ2) is 10.3. The van der Waals surface area contributed by atoms with E-state index in [-0.39, 0.29) is 29.6 Å². The Morgan fingerprint density at radius 2 is 1.88 bits per heavy atom. The number of nitrogens with one attached hydrogen (secondary N) is 1. The fourth-order valence-corrected chi connectivity index (χ4v) is 4.09. The van der Waals surface area contributed by atoms with E-state index >= 15 is 0 Å². The number of rotatable bonds is 9. The topological polar surface area (TPSA) is 81.4 Å². The predicted molar refractivity (Wildman–Crippen MR) is 124 cm³/mol. The van der Waals surface area contributed by atoms with Gasteiger partial charge in [-0.15, -0.1) is 0 Å². The van der Waals surface area contributed by atoms with Gasteiger partial charge in [-0.3, -0.25) is 9.59 Å². The Morgan fingerprint density at radius 1 is 1.19 bits per heavy atom. The average molecular weight is 441 g/mol. The van der Waals surface area contributed by atoms with E-state index in [1.165, 1.54) is 0 Å². The minimum absolute atomic E-state index is 0.0626. The molecule has 1 atom stereocenters. The molecule has 0 bridgehead atoms. The van der Waals surface area contributed by atoms with Crippen LogP contribution in [-0.2, 0) is 16.8 Å². The molecule has 0 unspecified atom stereocenters. The maximum Gasteiger partial charge on any atom is 0.255 e. The van der Waals surface area contributed by atoms with Crippen LogP contribution in [0.3, 0.4) is 0 Å². The molecule has 1 aliphatic rings. The maximum absolute atomic E-state index is 13.1. The van der Waals surface area contributed by atoms with Gasteiger partial charge in [-0.1, -0.05) is 59.6 Å². The molecule has 1 aromatic carbocycles. The summed E-state index contributed by atoms with van der Waals surface area (Å²) in [6.45, 7) is 10.4. The zero-order chi connectivity index (χ0) is 23.3. The van der Waals surface area contributed by atoms with Gasteiger partial charge in [0.25, 0.3) is 5.91 Å². The van der Waals surface area contributed by atoms with Crippen molar-refractivity contribution in [2.45, 2.75) is 84.8 Å². The molecule has 32 heavy (non-hydrogen) atoms. The molecule has 1 N–H and O–H groups in total. The Balaban J connectivity index is 1.70. The molecule has 0 aliphatic heterocycles. The summed E-state index contributed by atoms with van der Waals surface area (Å²) < 4.78 is 11.7. The highest BCUT2D eigenvalue weighted by Crippen LogP contribution is 2.28. The molecule has 1 fully saturated rings. The molecule has 1 heterocycles. The van der Waals surface area contributed by atoms with Gasteiger partial charge in [0.1, 0.15) is 11.5 Å². The fourth-order valence-electron chi connectivity index (χ4n) is 4.09. The average Bonchev–Trinajstić information content (AvgIpc) is 3.43. The predicted octanol–water partition coefficient (Wildman–Crippen LogP) is 5.45. The zero-order valence-corrected chi connectivity index (χ0v) is 19.9. The number of carbonyl (C=O) groups excluding carboxylic acids is 2. The molecule has 174 valence electrons. The van der Waals surface area contributed by atoms with Crippen molar-refractivity contribution in [2.24, 2.45) is 11.8 Å². The summed E-state index contributed by atoms with van der Waals surface area (Å²) >= 11 is 0. The highest BCUT2D eigenvalue weighted by atomic mass is 16.5. The second-order valence-electron chi connectivity index (χ2n) is 10.2. The number of aromatic nitrogens is 1. The SMILES string of the molecule is CC(C)C[C@H](NC(=O)c1ccccc1OCc1ncc(C(C)(C)C)o1)C(=O)C1CCCC1. The molecule has 3 rings (SSSR count). The van der Waals surface area contributed by atoms with Gasteiger partial charge in [-0.05, 0) is 37.3 Å². The molecule has 6 heteroatoms. The lowest BCUT2D eigenvalue weighted by Crippen LogP contribution is -2.44. The molecule has 2 aromatic rings. The van der Waals surface area contributed by atoms with Crippen LogP contribution in [0.25, 0.3) is 0 Å². The smallest absolute Gasteiger partial charge is 0.255 e. The maximum atomic E-state index is 13.1. The van der Waals surface area contributed by atoms with Gasteiger partial charge in [-0.25, -0.2) is 4.98 Å². The molecule has 0 saturated heterocycles. The summed E-state index contributed by atoms with van der Waals surface area (Å²) in [7, 11) is 0. The number of amides is 1. The van der Waals surface area contributed by atoms with Crippen molar-refractivity contribution in [3.8, 4) is 5.75 Å². The highest BCUT2D eigenvalue weighted by Gasteiger charge is 2.31. The van der Waals surface area contributed by atoms with Crippen molar-refractivity contribution in [1.82, 2.24) is 10.3 Å². The van der Waals surface area contributed by atoms with Crippen LogP contribution in [0.5, 0.6) is 5.75 Å². The number of nitrogens with zero attached hydrogens (tertiary/aromatic N) is 1. The van der Waals surface area contributed by atoms with Crippen LogP contribution in [0.4, 0.5) is 0 Å². The molecule has 1 saturated carbocycles. The summed E-state index contributed by atoms with van der Waals surface area (Å²) in [5.74, 6) is 1.92. The number of oxazole rings is 1. The number of carbonyl (C=O) groups is 2. The van der Waals surface area contributed by atoms with Crippen LogP contribution in [0.1, 0.15) is 88.7 Å². The van der Waals surface area contributed by atoms with Crippen molar-refractivity contribution >= 4 is 11.7 Å². The zero-order valence-electron chi connectivity index (χ0n) is 19.9. The van der Waals surface area contributed by atoms with E-state index in [1.54, 1.807) is 24.4 Å². The summed E-state index contributed by atoms with van der Waals surface area (Å²) in [6.07, 6.45) is 6.38. The Labute approximate surface area is 191 Å². The molecule has 0 spiro atoms. The van der Waals surface area contributed by atoms with Gasteiger partial charge in [0.05, 0.1) is 17.8 Å². The molecule has 1 aromatic heterocycles. The van der Waals surface area contributed by atoms with Crippen LogP contribution in [-0.4, -0.2) is 22.7 Å². The van der Waals surface area contributed by atoms with Crippen molar-refractivity contribution < 1.29 is 18.7 Å². The first-order valence-corrected chi connectivity index (χ1v) is 11.7. The van der Waals surface area contributed by atoms with Crippen molar-refractivity contribution in [2.75, 3.05) is 0 Å².